The second kappa shape index (κ2) is 7.26. The topological polar surface area (TPSA) is 45.2 Å². The lowest BCUT2D eigenvalue weighted by Gasteiger charge is -2.15. The molecule has 1 unspecified atom stereocenters. The van der Waals surface area contributed by atoms with Gasteiger partial charge in [0, 0.05) is 37.8 Å². The number of amides is 1. The van der Waals surface area contributed by atoms with E-state index in [1.807, 2.05) is 17.8 Å². The monoisotopic (exact) mass is 267 g/mol. The first-order chi connectivity index (χ1) is 8.54. The number of aromatic nitrogens is 1. The predicted octanol–water partition coefficient (Wildman–Crippen LogP) is 2.34. The quantitative estimate of drug-likeness (QED) is 0.859. The minimum absolute atomic E-state index is 0.0748. The summed E-state index contributed by atoms with van der Waals surface area (Å²) in [5.74, 6) is 2.09. The van der Waals surface area contributed by atoms with Gasteiger partial charge in [-0.3, -0.25) is 9.78 Å². The fourth-order valence-electron chi connectivity index (χ4n) is 1.49. The van der Waals surface area contributed by atoms with E-state index in [0.29, 0.717) is 11.7 Å². The van der Waals surface area contributed by atoms with Gasteiger partial charge >= 0.3 is 0 Å². The Bertz CT molecular complexity index is 396. The van der Waals surface area contributed by atoms with Crippen LogP contribution in [-0.2, 0) is 0 Å². The Hall–Kier alpha value is -1.23. The van der Waals surface area contributed by atoms with E-state index in [1.54, 1.807) is 26.4 Å². The van der Waals surface area contributed by atoms with Crippen molar-refractivity contribution in [2.24, 2.45) is 0 Å². The SMILES string of the molecule is CCSCC(C)Nc1ccnc(C(=O)N(C)C)c1. The van der Waals surface area contributed by atoms with Gasteiger partial charge in [-0.1, -0.05) is 6.92 Å². The van der Waals surface area contributed by atoms with Crippen LogP contribution >= 0.6 is 11.8 Å². The van der Waals surface area contributed by atoms with E-state index in [-0.39, 0.29) is 5.91 Å². The number of nitrogens with one attached hydrogen (secondary N) is 1. The van der Waals surface area contributed by atoms with Crippen LogP contribution in [0.1, 0.15) is 24.3 Å². The highest BCUT2D eigenvalue weighted by Crippen LogP contribution is 2.12. The molecule has 1 heterocycles. The molecule has 0 spiro atoms. The summed E-state index contributed by atoms with van der Waals surface area (Å²) in [5.41, 5.74) is 1.42. The van der Waals surface area contributed by atoms with E-state index in [0.717, 1.165) is 17.2 Å². The van der Waals surface area contributed by atoms with Gasteiger partial charge in [0.2, 0.25) is 0 Å². The molecule has 1 N–H and O–H groups in total. The molecule has 0 saturated carbocycles. The van der Waals surface area contributed by atoms with Crippen LogP contribution in [0, 0.1) is 0 Å². The molecule has 1 amide bonds. The average molecular weight is 267 g/mol. The first kappa shape index (κ1) is 14.8. The number of carbonyl (C=O) groups is 1. The Balaban J connectivity index is 2.67. The van der Waals surface area contributed by atoms with E-state index < -0.39 is 0 Å². The number of carbonyl (C=O) groups excluding carboxylic acids is 1. The van der Waals surface area contributed by atoms with Crippen molar-refractivity contribution in [3.8, 4) is 0 Å². The van der Waals surface area contributed by atoms with E-state index in [4.69, 9.17) is 0 Å². The zero-order chi connectivity index (χ0) is 13.5. The maximum atomic E-state index is 11.8. The summed E-state index contributed by atoms with van der Waals surface area (Å²) >= 11 is 1.90. The highest BCUT2D eigenvalue weighted by molar-refractivity contribution is 7.99. The molecule has 0 aliphatic carbocycles. The molecule has 18 heavy (non-hydrogen) atoms. The van der Waals surface area contributed by atoms with Crippen molar-refractivity contribution >= 4 is 23.4 Å². The van der Waals surface area contributed by atoms with Crippen LogP contribution in [0.4, 0.5) is 5.69 Å². The molecule has 0 aliphatic rings. The first-order valence-corrected chi connectivity index (χ1v) is 7.22. The largest absolute Gasteiger partial charge is 0.382 e. The molecule has 5 heteroatoms. The molecule has 0 saturated heterocycles. The van der Waals surface area contributed by atoms with Gasteiger partial charge in [0.15, 0.2) is 0 Å². The zero-order valence-corrected chi connectivity index (χ0v) is 12.3. The van der Waals surface area contributed by atoms with Crippen molar-refractivity contribution in [3.05, 3.63) is 24.0 Å². The van der Waals surface area contributed by atoms with Crippen LogP contribution < -0.4 is 5.32 Å². The Morgan fingerprint density at radius 1 is 1.56 bits per heavy atom. The minimum Gasteiger partial charge on any atom is -0.382 e. The first-order valence-electron chi connectivity index (χ1n) is 6.06. The van der Waals surface area contributed by atoms with Crippen molar-refractivity contribution in [2.75, 3.05) is 30.9 Å². The van der Waals surface area contributed by atoms with Crippen LogP contribution in [0.2, 0.25) is 0 Å². The molecule has 0 aromatic carbocycles. The van der Waals surface area contributed by atoms with Crippen LogP contribution in [0.5, 0.6) is 0 Å². The lowest BCUT2D eigenvalue weighted by Crippen LogP contribution is -2.23. The maximum absolute atomic E-state index is 11.8. The van der Waals surface area contributed by atoms with Crippen molar-refractivity contribution in [1.29, 1.82) is 0 Å². The number of hydrogen-bond donors (Lipinski definition) is 1. The van der Waals surface area contributed by atoms with E-state index in [9.17, 15) is 4.79 Å². The Morgan fingerprint density at radius 3 is 2.89 bits per heavy atom. The molecule has 1 aromatic heterocycles. The summed E-state index contributed by atoms with van der Waals surface area (Å²) < 4.78 is 0. The van der Waals surface area contributed by atoms with Crippen molar-refractivity contribution in [2.45, 2.75) is 19.9 Å². The van der Waals surface area contributed by atoms with Gasteiger partial charge in [-0.05, 0) is 24.8 Å². The van der Waals surface area contributed by atoms with Gasteiger partial charge in [0.1, 0.15) is 5.69 Å². The van der Waals surface area contributed by atoms with E-state index in [2.05, 4.69) is 24.1 Å². The molecule has 1 aromatic rings. The summed E-state index contributed by atoms with van der Waals surface area (Å²) in [4.78, 5) is 17.4. The number of rotatable bonds is 6. The molecular formula is C13H21N3OS. The second-order valence-corrected chi connectivity index (χ2v) is 5.65. The molecule has 4 nitrogen and oxygen atoms in total. The average Bonchev–Trinajstić information content (AvgIpc) is 2.35. The van der Waals surface area contributed by atoms with Crippen molar-refractivity contribution < 1.29 is 4.79 Å². The van der Waals surface area contributed by atoms with Gasteiger partial charge in [0.25, 0.3) is 5.91 Å². The number of anilines is 1. The lowest BCUT2D eigenvalue weighted by atomic mass is 10.2. The standard InChI is InChI=1S/C13H21N3OS/c1-5-18-9-10(2)15-11-6-7-14-12(8-11)13(17)16(3)4/h6-8,10H,5,9H2,1-4H3,(H,14,15). The maximum Gasteiger partial charge on any atom is 0.272 e. The van der Waals surface area contributed by atoms with E-state index in [1.165, 1.54) is 4.90 Å². The third kappa shape index (κ3) is 4.56. The van der Waals surface area contributed by atoms with Gasteiger partial charge in [-0.2, -0.15) is 11.8 Å². The third-order valence-electron chi connectivity index (χ3n) is 2.37. The number of pyridine rings is 1. The normalized spacial score (nSPS) is 12.0. The van der Waals surface area contributed by atoms with E-state index >= 15 is 0 Å². The highest BCUT2D eigenvalue weighted by Gasteiger charge is 2.10. The van der Waals surface area contributed by atoms with Crippen LogP contribution in [0.15, 0.2) is 18.3 Å². The summed E-state index contributed by atoms with van der Waals surface area (Å²) in [6.07, 6.45) is 1.67. The molecule has 0 fully saturated rings. The molecule has 0 bridgehead atoms. The van der Waals surface area contributed by atoms with Gasteiger partial charge < -0.3 is 10.2 Å². The predicted molar refractivity (Wildman–Crippen MR) is 78.3 cm³/mol. The minimum atomic E-state index is -0.0748. The van der Waals surface area contributed by atoms with Gasteiger partial charge in [0.05, 0.1) is 0 Å². The zero-order valence-electron chi connectivity index (χ0n) is 11.4. The Labute approximate surface area is 113 Å². The fourth-order valence-corrected chi connectivity index (χ4v) is 2.16. The second-order valence-electron chi connectivity index (χ2n) is 4.33. The third-order valence-corrected chi connectivity index (χ3v) is 3.51. The molecular weight excluding hydrogens is 246 g/mol. The van der Waals surface area contributed by atoms with Crippen LogP contribution in [0.25, 0.3) is 0 Å². The number of thioether (sulfide) groups is 1. The molecule has 0 radical (unpaired) electrons. The number of nitrogens with zero attached hydrogens (tertiary/aromatic N) is 2. The summed E-state index contributed by atoms with van der Waals surface area (Å²) in [7, 11) is 3.45. The van der Waals surface area contributed by atoms with Gasteiger partial charge in [-0.15, -0.1) is 0 Å². The fraction of sp³-hybridized carbons (Fsp3) is 0.538. The van der Waals surface area contributed by atoms with Crippen LogP contribution in [0.3, 0.4) is 0 Å². The number of hydrogen-bond acceptors (Lipinski definition) is 4. The van der Waals surface area contributed by atoms with Crippen molar-refractivity contribution in [3.63, 3.8) is 0 Å². The molecule has 0 aliphatic heterocycles. The van der Waals surface area contributed by atoms with Gasteiger partial charge in [-0.25, -0.2) is 0 Å². The van der Waals surface area contributed by atoms with Crippen LogP contribution in [-0.4, -0.2) is 47.4 Å². The lowest BCUT2D eigenvalue weighted by molar-refractivity contribution is 0.0822. The smallest absolute Gasteiger partial charge is 0.272 e. The highest BCUT2D eigenvalue weighted by atomic mass is 32.2. The Kier molecular flexibility index (Phi) is 5.98. The summed E-state index contributed by atoms with van der Waals surface area (Å²) in [6, 6.07) is 4.06. The van der Waals surface area contributed by atoms with Crippen molar-refractivity contribution in [1.82, 2.24) is 9.88 Å². The molecule has 1 rings (SSSR count). The Morgan fingerprint density at radius 2 is 2.28 bits per heavy atom. The summed E-state index contributed by atoms with van der Waals surface area (Å²) in [6.45, 7) is 4.29. The molecule has 100 valence electrons. The summed E-state index contributed by atoms with van der Waals surface area (Å²) in [5, 5.41) is 3.38. The molecule has 1 atom stereocenters.